The molecule has 0 radical (unpaired) electrons. The monoisotopic (exact) mass is 458 g/mol. The fraction of sp³-hybridized carbons (Fsp3) is 0.955. The number of hydrogen-bond acceptors (Lipinski definition) is 6. The zero-order valence-electron chi connectivity index (χ0n) is 19.1. The molecule has 0 aromatic carbocycles. The lowest BCUT2D eigenvalue weighted by Gasteiger charge is -2.42. The molecule has 3 saturated heterocycles. The number of hydrazine groups is 2. The molecule has 3 heterocycles. The Hall–Kier alpha value is -0.940. The number of alkyl halides is 3. The van der Waals surface area contributed by atoms with Crippen LogP contribution in [0.5, 0.6) is 0 Å². The van der Waals surface area contributed by atoms with Gasteiger partial charge in [0.2, 0.25) is 5.91 Å². The molecule has 2 saturated carbocycles. The number of carbonyl (C=O) groups excluding carboxylic acids is 1. The molecule has 32 heavy (non-hydrogen) atoms. The van der Waals surface area contributed by atoms with E-state index in [0.717, 1.165) is 38.9 Å². The smallest absolute Gasteiger partial charge is 0.339 e. The third kappa shape index (κ3) is 3.96. The lowest BCUT2D eigenvalue weighted by Crippen LogP contribution is -2.52. The van der Waals surface area contributed by atoms with Crippen molar-refractivity contribution in [3.63, 3.8) is 0 Å². The van der Waals surface area contributed by atoms with Gasteiger partial charge in [-0.1, -0.05) is 12.8 Å². The van der Waals surface area contributed by atoms with Crippen LogP contribution in [0.1, 0.15) is 44.9 Å². The summed E-state index contributed by atoms with van der Waals surface area (Å²) in [5, 5.41) is 2.23. The largest absolute Gasteiger partial charge is 0.392 e. The minimum absolute atomic E-state index is 0.00885. The van der Waals surface area contributed by atoms with E-state index in [1.54, 1.807) is 0 Å². The third-order valence-electron chi connectivity index (χ3n) is 9.02. The summed E-state index contributed by atoms with van der Waals surface area (Å²) in [7, 11) is 4.21. The molecule has 182 valence electrons. The van der Waals surface area contributed by atoms with Crippen molar-refractivity contribution in [3.05, 3.63) is 0 Å². The molecule has 0 aromatic rings. The number of nitrogens with one attached hydrogen (secondary N) is 3. The molecule has 5 fully saturated rings. The summed E-state index contributed by atoms with van der Waals surface area (Å²) in [6.07, 6.45) is 1.27. The molecule has 10 heteroatoms. The first-order valence-corrected chi connectivity index (χ1v) is 12.3. The Morgan fingerprint density at radius 2 is 1.81 bits per heavy atom. The maximum absolute atomic E-state index is 13.7. The zero-order chi connectivity index (χ0) is 22.6. The molecule has 0 aromatic heterocycles. The summed E-state index contributed by atoms with van der Waals surface area (Å²) < 4.78 is 41.0. The van der Waals surface area contributed by atoms with Crippen LogP contribution in [0.3, 0.4) is 0 Å². The summed E-state index contributed by atoms with van der Waals surface area (Å²) in [5.41, 5.74) is 10.1. The third-order valence-corrected chi connectivity index (χ3v) is 9.02. The topological polar surface area (TPSA) is 62.9 Å². The van der Waals surface area contributed by atoms with Crippen molar-refractivity contribution >= 4 is 5.91 Å². The number of rotatable bonds is 3. The highest BCUT2D eigenvalue weighted by Crippen LogP contribution is 2.49. The van der Waals surface area contributed by atoms with Crippen molar-refractivity contribution < 1.29 is 18.0 Å². The van der Waals surface area contributed by atoms with Gasteiger partial charge in [-0.2, -0.15) is 13.2 Å². The molecule has 3 aliphatic heterocycles. The lowest BCUT2D eigenvalue weighted by atomic mass is 9.73. The van der Waals surface area contributed by atoms with E-state index in [2.05, 4.69) is 40.3 Å². The maximum Gasteiger partial charge on any atom is 0.392 e. The molecule has 8 atom stereocenters. The van der Waals surface area contributed by atoms with Gasteiger partial charge in [-0.3, -0.25) is 15.1 Å². The summed E-state index contributed by atoms with van der Waals surface area (Å²) in [6, 6.07) is 0.406. The predicted octanol–water partition coefficient (Wildman–Crippen LogP) is 1.74. The number of fused-ring (bicyclic) bond motifs is 1. The Kier molecular flexibility index (Phi) is 6.20. The highest BCUT2D eigenvalue weighted by Gasteiger charge is 2.56. The molecule has 3 N–H and O–H groups in total. The number of hydrogen-bond donors (Lipinski definition) is 3. The van der Waals surface area contributed by atoms with Gasteiger partial charge >= 0.3 is 6.18 Å². The van der Waals surface area contributed by atoms with Gasteiger partial charge in [0.25, 0.3) is 0 Å². The van der Waals surface area contributed by atoms with E-state index in [9.17, 15) is 18.0 Å². The highest BCUT2D eigenvalue weighted by atomic mass is 19.4. The Balaban J connectivity index is 1.30. The van der Waals surface area contributed by atoms with E-state index in [1.807, 2.05) is 4.90 Å². The van der Waals surface area contributed by atoms with Crippen molar-refractivity contribution in [2.24, 2.45) is 29.6 Å². The van der Waals surface area contributed by atoms with Crippen LogP contribution in [0, 0.1) is 29.6 Å². The lowest BCUT2D eigenvalue weighted by molar-refractivity contribution is -0.198. The van der Waals surface area contributed by atoms with Crippen molar-refractivity contribution in [1.82, 2.24) is 31.1 Å². The molecule has 7 nitrogen and oxygen atoms in total. The quantitative estimate of drug-likeness (QED) is 0.599. The SMILES string of the molecule is CN1CNNC1C1CNN(C)C1C1CCCC(N2CC3C(CCCC3C(F)(F)F)C2=O)C1. The summed E-state index contributed by atoms with van der Waals surface area (Å²) >= 11 is 0. The van der Waals surface area contributed by atoms with Crippen LogP contribution < -0.4 is 16.3 Å². The number of likely N-dealkylation sites (tertiary alicyclic amines) is 1. The van der Waals surface area contributed by atoms with E-state index in [-0.39, 0.29) is 24.5 Å². The summed E-state index contributed by atoms with van der Waals surface area (Å²) in [5.74, 6) is -1.49. The number of nitrogens with zero attached hydrogens (tertiary/aromatic N) is 3. The molecule has 5 rings (SSSR count). The van der Waals surface area contributed by atoms with Crippen LogP contribution in [0.4, 0.5) is 13.2 Å². The molecular formula is C22H37F3N6O. The van der Waals surface area contributed by atoms with E-state index < -0.39 is 23.9 Å². The second-order valence-electron chi connectivity index (χ2n) is 10.7. The first kappa shape index (κ1) is 22.8. The average molecular weight is 459 g/mol. The Labute approximate surface area is 188 Å². The number of halogens is 3. The van der Waals surface area contributed by atoms with Gasteiger partial charge in [-0.25, -0.2) is 15.9 Å². The fourth-order valence-electron chi connectivity index (χ4n) is 7.53. The van der Waals surface area contributed by atoms with Crippen LogP contribution in [0.2, 0.25) is 0 Å². The van der Waals surface area contributed by atoms with E-state index in [0.29, 0.717) is 37.3 Å². The van der Waals surface area contributed by atoms with E-state index in [1.165, 1.54) is 0 Å². The Bertz CT molecular complexity index is 708. The van der Waals surface area contributed by atoms with Gasteiger partial charge < -0.3 is 4.90 Å². The van der Waals surface area contributed by atoms with Gasteiger partial charge in [0, 0.05) is 44.1 Å². The first-order chi connectivity index (χ1) is 15.3. The molecular weight excluding hydrogens is 421 g/mol. The van der Waals surface area contributed by atoms with Gasteiger partial charge in [0.05, 0.1) is 18.8 Å². The summed E-state index contributed by atoms with van der Waals surface area (Å²) in [6.45, 7) is 1.99. The minimum atomic E-state index is -4.20. The van der Waals surface area contributed by atoms with Crippen LogP contribution in [-0.4, -0.2) is 79.0 Å². The van der Waals surface area contributed by atoms with E-state index in [4.69, 9.17) is 0 Å². The molecule has 8 unspecified atom stereocenters. The minimum Gasteiger partial charge on any atom is -0.339 e. The first-order valence-electron chi connectivity index (χ1n) is 12.3. The molecule has 5 aliphatic rings. The molecule has 1 amide bonds. The van der Waals surface area contributed by atoms with Crippen molar-refractivity contribution in [2.75, 3.05) is 33.9 Å². The number of amides is 1. The molecule has 2 aliphatic carbocycles. The van der Waals surface area contributed by atoms with Gasteiger partial charge in [-0.05, 0) is 51.0 Å². The van der Waals surface area contributed by atoms with Crippen LogP contribution in [0.15, 0.2) is 0 Å². The van der Waals surface area contributed by atoms with Gasteiger partial charge in [-0.15, -0.1) is 0 Å². The van der Waals surface area contributed by atoms with Crippen LogP contribution in [-0.2, 0) is 4.79 Å². The molecule has 0 spiro atoms. The summed E-state index contributed by atoms with van der Waals surface area (Å²) in [4.78, 5) is 17.4. The van der Waals surface area contributed by atoms with Crippen molar-refractivity contribution in [2.45, 2.75) is 69.4 Å². The van der Waals surface area contributed by atoms with Gasteiger partial charge in [0.15, 0.2) is 0 Å². The maximum atomic E-state index is 13.7. The van der Waals surface area contributed by atoms with E-state index >= 15 is 0 Å². The predicted molar refractivity (Wildman–Crippen MR) is 114 cm³/mol. The van der Waals surface area contributed by atoms with Crippen molar-refractivity contribution in [3.8, 4) is 0 Å². The fourth-order valence-corrected chi connectivity index (χ4v) is 7.53. The number of carbonyl (C=O) groups is 1. The van der Waals surface area contributed by atoms with Crippen LogP contribution >= 0.6 is 0 Å². The standard InChI is InChI=1S/C22H37F3N6O/c1-29-12-26-28-20(29)16-10-27-30(2)19(16)13-5-3-6-14(9-13)31-11-17-15(21(31)32)7-4-8-18(17)22(23,24)25/h13-20,26-28H,3-12H2,1-2H3. The average Bonchev–Trinajstić information content (AvgIpc) is 3.44. The van der Waals surface area contributed by atoms with Crippen molar-refractivity contribution in [1.29, 1.82) is 0 Å². The second-order valence-corrected chi connectivity index (χ2v) is 10.7. The normalized spacial score (nSPS) is 44.4. The second kappa shape index (κ2) is 8.69. The zero-order valence-corrected chi connectivity index (χ0v) is 19.1. The Morgan fingerprint density at radius 3 is 2.53 bits per heavy atom. The van der Waals surface area contributed by atoms with Crippen LogP contribution in [0.25, 0.3) is 0 Å². The van der Waals surface area contributed by atoms with Gasteiger partial charge in [0.1, 0.15) is 0 Å². The molecule has 0 bridgehead atoms. The Morgan fingerprint density at radius 1 is 1.03 bits per heavy atom. The highest BCUT2D eigenvalue weighted by molar-refractivity contribution is 5.82.